The SMILES string of the molecule is Cc1ccc(Nc2snc(O)c2C(=N)NC(C)C)cc1C(=O)N1c2nc(C)c(Br)cc2CC1O. The zero-order valence-electron chi connectivity index (χ0n) is 19.1. The molecule has 9 nitrogen and oxygen atoms in total. The molecule has 1 aliphatic heterocycles. The van der Waals surface area contributed by atoms with Crippen molar-refractivity contribution in [2.45, 2.75) is 46.4 Å². The first-order chi connectivity index (χ1) is 16.1. The Labute approximate surface area is 209 Å². The van der Waals surface area contributed by atoms with Crippen LogP contribution in [0.5, 0.6) is 5.88 Å². The van der Waals surface area contributed by atoms with Crippen LogP contribution < -0.4 is 15.5 Å². The van der Waals surface area contributed by atoms with Gasteiger partial charge in [0, 0.05) is 33.7 Å². The number of hydrogen-bond donors (Lipinski definition) is 5. The van der Waals surface area contributed by atoms with E-state index >= 15 is 0 Å². The van der Waals surface area contributed by atoms with Gasteiger partial charge in [0.15, 0.2) is 0 Å². The predicted octanol–water partition coefficient (Wildman–Crippen LogP) is 4.21. The summed E-state index contributed by atoms with van der Waals surface area (Å²) in [6.45, 7) is 7.46. The van der Waals surface area contributed by atoms with Crippen LogP contribution in [0.1, 0.15) is 46.6 Å². The van der Waals surface area contributed by atoms with Gasteiger partial charge >= 0.3 is 0 Å². The molecule has 4 rings (SSSR count). The normalized spacial score (nSPS) is 14.9. The molecule has 1 aliphatic rings. The molecule has 1 amide bonds. The number of amides is 1. The first kappa shape index (κ1) is 24.1. The molecule has 0 spiro atoms. The molecule has 0 radical (unpaired) electrons. The van der Waals surface area contributed by atoms with Crippen molar-refractivity contribution in [1.29, 1.82) is 5.41 Å². The maximum absolute atomic E-state index is 13.5. The molecule has 178 valence electrons. The van der Waals surface area contributed by atoms with Crippen molar-refractivity contribution in [1.82, 2.24) is 14.7 Å². The fourth-order valence-electron chi connectivity index (χ4n) is 3.77. The number of halogens is 1. The van der Waals surface area contributed by atoms with E-state index in [1.54, 1.807) is 18.2 Å². The molecule has 3 heterocycles. The Morgan fingerprint density at radius 3 is 2.76 bits per heavy atom. The van der Waals surface area contributed by atoms with E-state index in [9.17, 15) is 15.0 Å². The number of pyridine rings is 1. The van der Waals surface area contributed by atoms with Gasteiger partial charge in [0.2, 0.25) is 5.88 Å². The van der Waals surface area contributed by atoms with Crippen LogP contribution in [0, 0.1) is 19.3 Å². The Morgan fingerprint density at radius 1 is 1.32 bits per heavy atom. The Hall–Kier alpha value is -3.02. The van der Waals surface area contributed by atoms with Gasteiger partial charge in [0.25, 0.3) is 5.91 Å². The van der Waals surface area contributed by atoms with Crippen molar-refractivity contribution >= 4 is 55.7 Å². The number of nitrogens with one attached hydrogen (secondary N) is 3. The van der Waals surface area contributed by atoms with Crippen molar-refractivity contribution in [3.63, 3.8) is 0 Å². The van der Waals surface area contributed by atoms with Gasteiger partial charge in [-0.2, -0.15) is 4.37 Å². The van der Waals surface area contributed by atoms with Gasteiger partial charge in [-0.05, 0) is 78.9 Å². The van der Waals surface area contributed by atoms with Crippen LogP contribution in [0.15, 0.2) is 28.7 Å². The smallest absolute Gasteiger partial charge is 0.261 e. The highest BCUT2D eigenvalue weighted by Crippen LogP contribution is 2.36. The Bertz CT molecular complexity index is 1290. The lowest BCUT2D eigenvalue weighted by molar-refractivity contribution is 0.0902. The number of aliphatic hydroxyl groups is 1. The number of aromatic nitrogens is 2. The third-order valence-electron chi connectivity index (χ3n) is 5.44. The van der Waals surface area contributed by atoms with E-state index in [0.717, 1.165) is 32.8 Å². The molecule has 3 aromatic rings. The minimum Gasteiger partial charge on any atom is -0.492 e. The summed E-state index contributed by atoms with van der Waals surface area (Å²) >= 11 is 4.48. The largest absolute Gasteiger partial charge is 0.492 e. The van der Waals surface area contributed by atoms with Gasteiger partial charge in [-0.1, -0.05) is 6.07 Å². The lowest BCUT2D eigenvalue weighted by Crippen LogP contribution is -2.38. The van der Waals surface area contributed by atoms with Crippen LogP contribution in [-0.4, -0.2) is 43.6 Å². The van der Waals surface area contributed by atoms with E-state index < -0.39 is 6.23 Å². The average molecular weight is 545 g/mol. The van der Waals surface area contributed by atoms with Crippen molar-refractivity contribution in [3.8, 4) is 5.88 Å². The molecule has 0 aliphatic carbocycles. The number of aliphatic hydroxyl groups excluding tert-OH is 1. The van der Waals surface area contributed by atoms with Gasteiger partial charge in [0.05, 0.1) is 5.69 Å². The summed E-state index contributed by atoms with van der Waals surface area (Å²) in [5.74, 6) is -0.0860. The number of hydrogen-bond acceptors (Lipinski definition) is 8. The molecule has 34 heavy (non-hydrogen) atoms. The summed E-state index contributed by atoms with van der Waals surface area (Å²) < 4.78 is 4.79. The second-order valence-electron chi connectivity index (χ2n) is 8.44. The molecule has 0 saturated carbocycles. The lowest BCUT2D eigenvalue weighted by atomic mass is 10.1. The number of aromatic hydroxyl groups is 1. The summed E-state index contributed by atoms with van der Waals surface area (Å²) in [7, 11) is 0. The topological polar surface area (TPSA) is 134 Å². The van der Waals surface area contributed by atoms with Crippen LogP contribution in [-0.2, 0) is 6.42 Å². The molecule has 5 N–H and O–H groups in total. The highest BCUT2D eigenvalue weighted by molar-refractivity contribution is 9.10. The second-order valence-corrected chi connectivity index (χ2v) is 10.1. The third-order valence-corrected chi connectivity index (χ3v) is 6.99. The number of amidine groups is 1. The molecular weight excluding hydrogens is 520 g/mol. The van der Waals surface area contributed by atoms with Gasteiger partial charge < -0.3 is 20.8 Å². The summed E-state index contributed by atoms with van der Waals surface area (Å²) in [6, 6.07) is 7.19. The summed E-state index contributed by atoms with van der Waals surface area (Å²) in [4.78, 5) is 19.4. The molecule has 0 fully saturated rings. The number of carbonyl (C=O) groups excluding carboxylic acids is 1. The zero-order chi connectivity index (χ0) is 24.7. The fourth-order valence-corrected chi connectivity index (χ4v) is 4.85. The molecule has 11 heteroatoms. The lowest BCUT2D eigenvalue weighted by Gasteiger charge is -2.22. The maximum Gasteiger partial charge on any atom is 0.261 e. The van der Waals surface area contributed by atoms with E-state index in [1.807, 2.05) is 33.8 Å². The summed E-state index contributed by atoms with van der Waals surface area (Å²) in [6.07, 6.45) is -0.703. The van der Waals surface area contributed by atoms with E-state index in [-0.39, 0.29) is 29.2 Å². The highest BCUT2D eigenvalue weighted by atomic mass is 79.9. The first-order valence-electron chi connectivity index (χ1n) is 10.7. The van der Waals surface area contributed by atoms with Crippen LogP contribution in [0.4, 0.5) is 16.5 Å². The molecule has 0 bridgehead atoms. The van der Waals surface area contributed by atoms with Gasteiger partial charge in [-0.3, -0.25) is 15.1 Å². The molecular formula is C23H25BrN6O3S. The van der Waals surface area contributed by atoms with E-state index in [2.05, 4.69) is 35.9 Å². The summed E-state index contributed by atoms with van der Waals surface area (Å²) in [5, 5.41) is 35.7. The molecule has 1 atom stereocenters. The predicted molar refractivity (Wildman–Crippen MR) is 137 cm³/mol. The van der Waals surface area contributed by atoms with Crippen molar-refractivity contribution in [2.75, 3.05) is 10.2 Å². The second kappa shape index (κ2) is 9.32. The van der Waals surface area contributed by atoms with E-state index in [1.165, 1.54) is 4.90 Å². The maximum atomic E-state index is 13.5. The third kappa shape index (κ3) is 4.50. The van der Waals surface area contributed by atoms with Crippen molar-refractivity contribution in [3.05, 3.63) is 56.7 Å². The molecule has 0 saturated heterocycles. The number of anilines is 3. The number of aryl methyl sites for hydroxylation is 2. The minimum absolute atomic E-state index is 0.0101. The number of fused-ring (bicyclic) bond motifs is 1. The number of benzene rings is 1. The summed E-state index contributed by atoms with van der Waals surface area (Å²) in [5.41, 5.74) is 3.53. The Balaban J connectivity index is 1.66. The minimum atomic E-state index is -1.01. The molecule has 2 aromatic heterocycles. The number of nitrogens with zero attached hydrogens (tertiary/aromatic N) is 3. The molecule has 1 unspecified atom stereocenters. The van der Waals surface area contributed by atoms with Crippen LogP contribution in [0.25, 0.3) is 0 Å². The van der Waals surface area contributed by atoms with Crippen molar-refractivity contribution in [2.24, 2.45) is 0 Å². The van der Waals surface area contributed by atoms with Crippen LogP contribution in [0.2, 0.25) is 0 Å². The van der Waals surface area contributed by atoms with Gasteiger partial charge in [-0.15, -0.1) is 0 Å². The average Bonchev–Trinajstić information content (AvgIpc) is 3.27. The quantitative estimate of drug-likeness (QED) is 0.240. The first-order valence-corrected chi connectivity index (χ1v) is 12.2. The Kier molecular flexibility index (Phi) is 6.61. The number of carbonyl (C=O) groups is 1. The monoisotopic (exact) mass is 544 g/mol. The van der Waals surface area contributed by atoms with E-state index in [0.29, 0.717) is 28.5 Å². The van der Waals surface area contributed by atoms with E-state index in [4.69, 9.17) is 5.41 Å². The standard InChI is InChI=1S/C23H25BrN6O3S/c1-10(2)26-19(25)18-21(32)29-34-22(18)28-14-6-5-11(3)15(9-14)23(33)30-17(31)8-13-7-16(24)12(4)27-20(13)30/h5-7,9-10,17,28,31H,8H2,1-4H3,(H2,25,26)(H,29,32). The van der Waals surface area contributed by atoms with Crippen LogP contribution >= 0.6 is 27.5 Å². The number of rotatable bonds is 5. The van der Waals surface area contributed by atoms with Crippen LogP contribution in [0.3, 0.4) is 0 Å². The van der Waals surface area contributed by atoms with Crippen molar-refractivity contribution < 1.29 is 15.0 Å². The highest BCUT2D eigenvalue weighted by Gasteiger charge is 2.35. The van der Waals surface area contributed by atoms with Gasteiger partial charge in [-0.25, -0.2) is 4.98 Å². The van der Waals surface area contributed by atoms with Gasteiger partial charge in [0.1, 0.15) is 28.4 Å². The Morgan fingerprint density at radius 2 is 2.06 bits per heavy atom. The zero-order valence-corrected chi connectivity index (χ0v) is 21.5. The molecule has 1 aromatic carbocycles. The fraction of sp³-hybridized carbons (Fsp3) is 0.304.